The second-order valence-corrected chi connectivity index (χ2v) is 3.69. The molecule has 2 aromatic heterocycles. The molecule has 2 heterocycles. The molecule has 0 unspecified atom stereocenters. The molecule has 2 rings (SSSR count). The summed E-state index contributed by atoms with van der Waals surface area (Å²) in [6, 6.07) is 1.70. The third kappa shape index (κ3) is 1.29. The van der Waals surface area contributed by atoms with Crippen LogP contribution < -0.4 is 5.73 Å². The Kier molecular flexibility index (Phi) is 2.00. The number of amides is 1. The number of aryl methyl sites for hydroxylation is 2. The number of hydrogen-bond donors (Lipinski definition) is 1. The summed E-state index contributed by atoms with van der Waals surface area (Å²) in [6.45, 7) is 5.95. The Morgan fingerprint density at radius 2 is 2.07 bits per heavy atom. The number of nitrogens with zero attached hydrogens (tertiary/aromatic N) is 2. The molecule has 0 bridgehead atoms. The van der Waals surface area contributed by atoms with E-state index in [4.69, 9.17) is 5.73 Å². The lowest BCUT2D eigenvalue weighted by atomic mass is 10.2. The average molecular weight is 203 g/mol. The van der Waals surface area contributed by atoms with Crippen molar-refractivity contribution in [3.8, 4) is 0 Å². The molecule has 0 aromatic carbocycles. The first-order valence-electron chi connectivity index (χ1n) is 4.77. The molecule has 0 atom stereocenters. The van der Waals surface area contributed by atoms with Gasteiger partial charge in [0.05, 0.1) is 5.56 Å². The molecule has 0 aliphatic carbocycles. The fourth-order valence-electron chi connectivity index (χ4n) is 1.69. The van der Waals surface area contributed by atoms with Gasteiger partial charge in [-0.05, 0) is 32.4 Å². The standard InChI is InChI=1S/C11H13N3O/c1-6-7(2)13-11-9(10(12)15)4-5-14(11)8(6)3/h4-5H,1-3H3,(H2,12,15). The Morgan fingerprint density at radius 3 is 2.67 bits per heavy atom. The van der Waals surface area contributed by atoms with Gasteiger partial charge in [0.2, 0.25) is 0 Å². The molecule has 78 valence electrons. The van der Waals surface area contributed by atoms with Gasteiger partial charge in [-0.2, -0.15) is 0 Å². The maximum atomic E-state index is 11.2. The highest BCUT2D eigenvalue weighted by Gasteiger charge is 2.12. The highest BCUT2D eigenvalue weighted by atomic mass is 16.1. The minimum absolute atomic E-state index is 0.437. The Morgan fingerprint density at radius 1 is 1.40 bits per heavy atom. The lowest BCUT2D eigenvalue weighted by Crippen LogP contribution is -2.11. The largest absolute Gasteiger partial charge is 0.365 e. The van der Waals surface area contributed by atoms with Gasteiger partial charge in [0.15, 0.2) is 0 Å². The minimum Gasteiger partial charge on any atom is -0.365 e. The van der Waals surface area contributed by atoms with Gasteiger partial charge in [-0.1, -0.05) is 0 Å². The first kappa shape index (κ1) is 9.71. The molecule has 1 amide bonds. The molecule has 4 nitrogen and oxygen atoms in total. The van der Waals surface area contributed by atoms with Crippen LogP contribution in [0.2, 0.25) is 0 Å². The number of rotatable bonds is 1. The lowest BCUT2D eigenvalue weighted by molar-refractivity contribution is 0.100. The van der Waals surface area contributed by atoms with Gasteiger partial charge >= 0.3 is 0 Å². The van der Waals surface area contributed by atoms with E-state index < -0.39 is 5.91 Å². The highest BCUT2D eigenvalue weighted by Crippen LogP contribution is 2.17. The molecule has 0 saturated carbocycles. The van der Waals surface area contributed by atoms with Crippen LogP contribution in [-0.2, 0) is 0 Å². The predicted molar refractivity (Wildman–Crippen MR) is 57.9 cm³/mol. The van der Waals surface area contributed by atoms with E-state index in [1.807, 2.05) is 31.4 Å². The van der Waals surface area contributed by atoms with Crippen molar-refractivity contribution < 1.29 is 4.79 Å². The van der Waals surface area contributed by atoms with Crippen LogP contribution in [0.5, 0.6) is 0 Å². The van der Waals surface area contributed by atoms with Gasteiger partial charge in [0.1, 0.15) is 5.65 Å². The summed E-state index contributed by atoms with van der Waals surface area (Å²) in [5.74, 6) is -0.437. The van der Waals surface area contributed by atoms with Crippen molar-refractivity contribution in [1.82, 2.24) is 9.38 Å². The second-order valence-electron chi connectivity index (χ2n) is 3.69. The highest BCUT2D eigenvalue weighted by molar-refractivity contribution is 5.99. The van der Waals surface area contributed by atoms with Gasteiger partial charge in [-0.25, -0.2) is 4.98 Å². The first-order chi connectivity index (χ1) is 7.02. The summed E-state index contributed by atoms with van der Waals surface area (Å²) in [5.41, 5.74) is 9.54. The maximum Gasteiger partial charge on any atom is 0.252 e. The Labute approximate surface area is 87.7 Å². The van der Waals surface area contributed by atoms with E-state index in [9.17, 15) is 4.79 Å². The van der Waals surface area contributed by atoms with Crippen molar-refractivity contribution in [2.45, 2.75) is 20.8 Å². The fraction of sp³-hybridized carbons (Fsp3) is 0.273. The van der Waals surface area contributed by atoms with E-state index in [2.05, 4.69) is 4.98 Å². The molecule has 0 radical (unpaired) electrons. The minimum atomic E-state index is -0.437. The number of primary amides is 1. The van der Waals surface area contributed by atoms with Crippen molar-refractivity contribution in [3.63, 3.8) is 0 Å². The van der Waals surface area contributed by atoms with Crippen LogP contribution in [0.25, 0.3) is 5.65 Å². The fourth-order valence-corrected chi connectivity index (χ4v) is 1.69. The van der Waals surface area contributed by atoms with E-state index in [1.165, 1.54) is 0 Å². The van der Waals surface area contributed by atoms with Crippen molar-refractivity contribution in [1.29, 1.82) is 0 Å². The topological polar surface area (TPSA) is 60.4 Å². The number of nitrogens with two attached hydrogens (primary N) is 1. The Bertz CT molecular complexity index is 554. The van der Waals surface area contributed by atoms with E-state index in [1.54, 1.807) is 6.07 Å². The SMILES string of the molecule is Cc1nc2c(C(N)=O)ccn2c(C)c1C. The lowest BCUT2D eigenvalue weighted by Gasteiger charge is -2.07. The van der Waals surface area contributed by atoms with Crippen molar-refractivity contribution in [3.05, 3.63) is 34.8 Å². The summed E-state index contributed by atoms with van der Waals surface area (Å²) in [7, 11) is 0. The molecule has 0 spiro atoms. The van der Waals surface area contributed by atoms with Gasteiger partial charge in [0, 0.05) is 17.6 Å². The van der Waals surface area contributed by atoms with Crippen LogP contribution in [0.4, 0.5) is 0 Å². The first-order valence-corrected chi connectivity index (χ1v) is 4.77. The van der Waals surface area contributed by atoms with E-state index in [-0.39, 0.29) is 0 Å². The molecular formula is C11H13N3O. The van der Waals surface area contributed by atoms with E-state index in [0.717, 1.165) is 17.0 Å². The molecule has 0 aliphatic rings. The summed E-state index contributed by atoms with van der Waals surface area (Å²) in [5, 5.41) is 0. The molecule has 2 N–H and O–H groups in total. The third-order valence-corrected chi connectivity index (χ3v) is 2.85. The monoisotopic (exact) mass is 203 g/mol. The number of carbonyl (C=O) groups excluding carboxylic acids is 1. The van der Waals surface area contributed by atoms with Crippen LogP contribution in [0, 0.1) is 20.8 Å². The predicted octanol–water partition coefficient (Wildman–Crippen LogP) is 1.36. The molecule has 0 aliphatic heterocycles. The van der Waals surface area contributed by atoms with E-state index in [0.29, 0.717) is 11.2 Å². The van der Waals surface area contributed by atoms with Gasteiger partial charge in [-0.3, -0.25) is 4.79 Å². The molecule has 0 saturated heterocycles. The number of hydrogen-bond acceptors (Lipinski definition) is 2. The number of aromatic nitrogens is 2. The average Bonchev–Trinajstić information content (AvgIpc) is 2.58. The molecule has 4 heteroatoms. The number of carbonyl (C=O) groups is 1. The zero-order valence-electron chi connectivity index (χ0n) is 9.03. The van der Waals surface area contributed by atoms with Crippen molar-refractivity contribution >= 4 is 11.6 Å². The number of fused-ring (bicyclic) bond motifs is 1. The van der Waals surface area contributed by atoms with Crippen LogP contribution in [0.3, 0.4) is 0 Å². The van der Waals surface area contributed by atoms with Crippen molar-refractivity contribution in [2.75, 3.05) is 0 Å². The summed E-state index contributed by atoms with van der Waals surface area (Å²) in [4.78, 5) is 15.5. The maximum absolute atomic E-state index is 11.2. The second kappa shape index (κ2) is 3.08. The molecule has 15 heavy (non-hydrogen) atoms. The van der Waals surface area contributed by atoms with E-state index >= 15 is 0 Å². The zero-order valence-corrected chi connectivity index (χ0v) is 9.03. The van der Waals surface area contributed by atoms with Gasteiger partial charge in [0.25, 0.3) is 5.91 Å². The third-order valence-electron chi connectivity index (χ3n) is 2.85. The van der Waals surface area contributed by atoms with Crippen LogP contribution in [0.15, 0.2) is 12.3 Å². The molecule has 2 aromatic rings. The van der Waals surface area contributed by atoms with Gasteiger partial charge < -0.3 is 10.1 Å². The summed E-state index contributed by atoms with van der Waals surface area (Å²) in [6.07, 6.45) is 1.82. The summed E-state index contributed by atoms with van der Waals surface area (Å²) < 4.78 is 1.89. The Balaban J connectivity index is 2.89. The van der Waals surface area contributed by atoms with Crippen molar-refractivity contribution in [2.24, 2.45) is 5.73 Å². The normalized spacial score (nSPS) is 10.9. The smallest absolute Gasteiger partial charge is 0.252 e. The van der Waals surface area contributed by atoms with Gasteiger partial charge in [-0.15, -0.1) is 0 Å². The van der Waals surface area contributed by atoms with Crippen LogP contribution in [-0.4, -0.2) is 15.3 Å². The van der Waals surface area contributed by atoms with Crippen LogP contribution in [0.1, 0.15) is 27.3 Å². The quantitative estimate of drug-likeness (QED) is 0.760. The molecule has 0 fully saturated rings. The molecular weight excluding hydrogens is 190 g/mol. The summed E-state index contributed by atoms with van der Waals surface area (Å²) >= 11 is 0. The van der Waals surface area contributed by atoms with Crippen LogP contribution >= 0.6 is 0 Å². The Hall–Kier alpha value is -1.84. The zero-order chi connectivity index (χ0) is 11.2.